The Morgan fingerprint density at radius 3 is 2.37 bits per heavy atom. The van der Waals surface area contributed by atoms with Crippen LogP contribution in [-0.2, 0) is 22.0 Å². The highest BCUT2D eigenvalue weighted by Crippen LogP contribution is 2.26. The molecule has 148 valence electrons. The van der Waals surface area contributed by atoms with Crippen LogP contribution in [-0.4, -0.2) is 36.8 Å². The van der Waals surface area contributed by atoms with Crippen molar-refractivity contribution in [2.24, 2.45) is 0 Å². The quantitative estimate of drug-likeness (QED) is 0.821. The van der Waals surface area contributed by atoms with E-state index in [-0.39, 0.29) is 5.41 Å². The normalized spacial score (nSPS) is 17.3. The summed E-state index contributed by atoms with van der Waals surface area (Å²) in [7, 11) is -3.39. The Kier molecular flexibility index (Phi) is 6.05. The summed E-state index contributed by atoms with van der Waals surface area (Å²) in [5.74, 6) is 0. The molecule has 1 N–H and O–H groups in total. The standard InChI is InChI=1S/C20H29N3O2S2/c1-15-5-7-18(8-6-15)27(24,25)23-11-9-16(10-12-23)21-13-17-14-26-19(22-17)20(2,3)4/h5-8,14,16,21H,9-13H2,1-4H3. The third kappa shape index (κ3) is 4.96. The number of hydrogen-bond acceptors (Lipinski definition) is 5. The molecule has 0 amide bonds. The Bertz CT molecular complexity index is 859. The molecule has 1 aromatic carbocycles. The first-order valence-electron chi connectivity index (χ1n) is 9.41. The molecular formula is C20H29N3O2S2. The lowest BCUT2D eigenvalue weighted by Crippen LogP contribution is -2.44. The molecule has 0 radical (unpaired) electrons. The molecule has 0 atom stereocenters. The topological polar surface area (TPSA) is 62.3 Å². The van der Waals surface area contributed by atoms with E-state index in [9.17, 15) is 8.42 Å². The van der Waals surface area contributed by atoms with E-state index < -0.39 is 10.0 Å². The summed E-state index contributed by atoms with van der Waals surface area (Å²) in [6, 6.07) is 7.42. The molecule has 27 heavy (non-hydrogen) atoms. The maximum absolute atomic E-state index is 12.8. The first kappa shape index (κ1) is 20.5. The number of piperidine rings is 1. The predicted molar refractivity (Wildman–Crippen MR) is 111 cm³/mol. The number of benzene rings is 1. The Balaban J connectivity index is 1.53. The number of nitrogens with one attached hydrogen (secondary N) is 1. The highest BCUT2D eigenvalue weighted by atomic mass is 32.2. The maximum Gasteiger partial charge on any atom is 0.243 e. The van der Waals surface area contributed by atoms with Crippen molar-refractivity contribution in [1.82, 2.24) is 14.6 Å². The van der Waals surface area contributed by atoms with Crippen LogP contribution < -0.4 is 5.32 Å². The zero-order valence-electron chi connectivity index (χ0n) is 16.5. The van der Waals surface area contributed by atoms with Gasteiger partial charge in [-0.3, -0.25) is 0 Å². The smallest absolute Gasteiger partial charge is 0.243 e. The van der Waals surface area contributed by atoms with Gasteiger partial charge in [0.2, 0.25) is 10.0 Å². The van der Waals surface area contributed by atoms with Crippen molar-refractivity contribution >= 4 is 21.4 Å². The van der Waals surface area contributed by atoms with Crippen LogP contribution in [0, 0.1) is 6.92 Å². The molecule has 1 saturated heterocycles. The SMILES string of the molecule is Cc1ccc(S(=O)(=O)N2CCC(NCc3csc(C(C)(C)C)n3)CC2)cc1. The van der Waals surface area contributed by atoms with E-state index in [4.69, 9.17) is 4.98 Å². The molecule has 2 aromatic rings. The van der Waals surface area contributed by atoms with Gasteiger partial charge >= 0.3 is 0 Å². The number of rotatable bonds is 5. The lowest BCUT2D eigenvalue weighted by atomic mass is 9.98. The second-order valence-electron chi connectivity index (χ2n) is 8.27. The maximum atomic E-state index is 12.8. The van der Waals surface area contributed by atoms with Crippen molar-refractivity contribution in [1.29, 1.82) is 0 Å². The van der Waals surface area contributed by atoms with E-state index in [0.717, 1.165) is 35.7 Å². The van der Waals surface area contributed by atoms with E-state index >= 15 is 0 Å². The highest BCUT2D eigenvalue weighted by molar-refractivity contribution is 7.89. The second kappa shape index (κ2) is 7.99. The summed E-state index contributed by atoms with van der Waals surface area (Å²) in [4.78, 5) is 5.10. The van der Waals surface area contributed by atoms with E-state index in [1.807, 2.05) is 19.1 Å². The fourth-order valence-electron chi connectivity index (χ4n) is 3.14. The molecule has 1 fully saturated rings. The van der Waals surface area contributed by atoms with Crippen LogP contribution in [0.25, 0.3) is 0 Å². The summed E-state index contributed by atoms with van der Waals surface area (Å²) >= 11 is 1.71. The predicted octanol–water partition coefficient (Wildman–Crippen LogP) is 3.69. The Morgan fingerprint density at radius 2 is 1.81 bits per heavy atom. The molecule has 0 spiro atoms. The van der Waals surface area contributed by atoms with Crippen LogP contribution in [0.15, 0.2) is 34.5 Å². The first-order chi connectivity index (χ1) is 12.7. The Hall–Kier alpha value is -1.28. The van der Waals surface area contributed by atoms with Crippen LogP contribution in [0.5, 0.6) is 0 Å². The number of nitrogens with zero attached hydrogens (tertiary/aromatic N) is 2. The number of sulfonamides is 1. The molecule has 5 nitrogen and oxygen atoms in total. The molecule has 0 saturated carbocycles. The van der Waals surface area contributed by atoms with Crippen molar-refractivity contribution < 1.29 is 8.42 Å². The number of hydrogen-bond donors (Lipinski definition) is 1. The van der Waals surface area contributed by atoms with Gasteiger partial charge in [0.15, 0.2) is 0 Å². The minimum Gasteiger partial charge on any atom is -0.308 e. The molecular weight excluding hydrogens is 378 g/mol. The minimum atomic E-state index is -3.39. The molecule has 1 aliphatic heterocycles. The summed E-state index contributed by atoms with van der Waals surface area (Å²) in [6.45, 7) is 10.3. The van der Waals surface area contributed by atoms with Gasteiger partial charge in [0.1, 0.15) is 0 Å². The van der Waals surface area contributed by atoms with E-state index in [2.05, 4.69) is 31.5 Å². The van der Waals surface area contributed by atoms with Crippen molar-refractivity contribution in [2.75, 3.05) is 13.1 Å². The van der Waals surface area contributed by atoms with E-state index in [1.54, 1.807) is 27.8 Å². The van der Waals surface area contributed by atoms with E-state index in [0.29, 0.717) is 24.0 Å². The van der Waals surface area contributed by atoms with Gasteiger partial charge < -0.3 is 5.32 Å². The lowest BCUT2D eigenvalue weighted by Gasteiger charge is -2.31. The summed E-state index contributed by atoms with van der Waals surface area (Å²) < 4.78 is 27.2. The average Bonchev–Trinajstić information content (AvgIpc) is 3.10. The van der Waals surface area contributed by atoms with Crippen molar-refractivity contribution in [3.05, 3.63) is 45.9 Å². The van der Waals surface area contributed by atoms with Crippen LogP contribution in [0.1, 0.15) is 49.9 Å². The van der Waals surface area contributed by atoms with Crippen LogP contribution in [0.2, 0.25) is 0 Å². The second-order valence-corrected chi connectivity index (χ2v) is 11.1. The highest BCUT2D eigenvalue weighted by Gasteiger charge is 2.29. The van der Waals surface area contributed by atoms with Gasteiger partial charge in [-0.2, -0.15) is 4.31 Å². The Morgan fingerprint density at radius 1 is 1.19 bits per heavy atom. The molecule has 7 heteroatoms. The molecule has 0 unspecified atom stereocenters. The van der Waals surface area contributed by atoms with Gasteiger partial charge in [-0.25, -0.2) is 13.4 Å². The number of aryl methyl sites for hydroxylation is 1. The van der Waals surface area contributed by atoms with Gasteiger partial charge in [-0.1, -0.05) is 38.5 Å². The van der Waals surface area contributed by atoms with Gasteiger partial charge in [-0.15, -0.1) is 11.3 Å². The van der Waals surface area contributed by atoms with Gasteiger partial charge in [0.05, 0.1) is 15.6 Å². The van der Waals surface area contributed by atoms with E-state index in [1.165, 1.54) is 0 Å². The van der Waals surface area contributed by atoms with Crippen LogP contribution in [0.4, 0.5) is 0 Å². The van der Waals surface area contributed by atoms with Gasteiger partial charge in [0.25, 0.3) is 0 Å². The number of aromatic nitrogens is 1. The molecule has 3 rings (SSSR count). The third-order valence-corrected chi connectivity index (χ3v) is 8.11. The fourth-order valence-corrected chi connectivity index (χ4v) is 5.52. The molecule has 2 heterocycles. The van der Waals surface area contributed by atoms with Crippen molar-refractivity contribution in [3.63, 3.8) is 0 Å². The van der Waals surface area contributed by atoms with Gasteiger partial charge in [0, 0.05) is 36.5 Å². The minimum absolute atomic E-state index is 0.0819. The fraction of sp³-hybridized carbons (Fsp3) is 0.550. The van der Waals surface area contributed by atoms with Crippen molar-refractivity contribution in [3.8, 4) is 0 Å². The molecule has 0 aliphatic carbocycles. The summed E-state index contributed by atoms with van der Waals surface area (Å²) in [5, 5.41) is 6.81. The first-order valence-corrected chi connectivity index (χ1v) is 11.7. The lowest BCUT2D eigenvalue weighted by molar-refractivity contribution is 0.288. The zero-order valence-corrected chi connectivity index (χ0v) is 18.2. The van der Waals surface area contributed by atoms with Crippen molar-refractivity contribution in [2.45, 2.75) is 63.4 Å². The zero-order chi connectivity index (χ0) is 19.7. The summed E-state index contributed by atoms with van der Waals surface area (Å²) in [5.41, 5.74) is 2.21. The van der Waals surface area contributed by atoms with Crippen LogP contribution >= 0.6 is 11.3 Å². The van der Waals surface area contributed by atoms with Crippen LogP contribution in [0.3, 0.4) is 0 Å². The third-order valence-electron chi connectivity index (χ3n) is 4.88. The van der Waals surface area contributed by atoms with Gasteiger partial charge in [-0.05, 0) is 31.9 Å². The monoisotopic (exact) mass is 407 g/mol. The largest absolute Gasteiger partial charge is 0.308 e. The molecule has 1 aliphatic rings. The molecule has 1 aromatic heterocycles. The Labute approximate surface area is 166 Å². The average molecular weight is 408 g/mol. The number of thiazole rings is 1. The summed E-state index contributed by atoms with van der Waals surface area (Å²) in [6.07, 6.45) is 1.64. The molecule has 0 bridgehead atoms.